The largest absolute Gasteiger partial charge is 0.494 e. The van der Waals surface area contributed by atoms with Gasteiger partial charge in [0.15, 0.2) is 0 Å². The number of nitrogens with zero attached hydrogens (tertiary/aromatic N) is 1. The zero-order chi connectivity index (χ0) is 16.8. The maximum Gasteiger partial charge on any atom is 0.268 e. The highest BCUT2D eigenvalue weighted by Gasteiger charge is 2.19. The first kappa shape index (κ1) is 17.3. The van der Waals surface area contributed by atoms with Crippen LogP contribution < -0.4 is 10.1 Å². The van der Waals surface area contributed by atoms with E-state index in [1.54, 1.807) is 7.11 Å². The number of ether oxygens (including phenoxy) is 2. The summed E-state index contributed by atoms with van der Waals surface area (Å²) < 4.78 is 12.7. The lowest BCUT2D eigenvalue weighted by Crippen LogP contribution is -2.28. The number of nitrogens with one attached hydrogen (secondary N) is 1. The number of carbonyl (C=O) groups excluding carboxylic acids is 1. The first-order chi connectivity index (χ1) is 11.1. The molecule has 0 fully saturated rings. The van der Waals surface area contributed by atoms with E-state index in [9.17, 15) is 4.79 Å². The fraction of sp³-hybridized carbons (Fsp3) is 0.500. The normalized spacial score (nSPS) is 11.0. The van der Waals surface area contributed by atoms with Crippen LogP contribution in [0.15, 0.2) is 18.2 Å². The Balaban J connectivity index is 2.34. The molecule has 0 radical (unpaired) electrons. The van der Waals surface area contributed by atoms with E-state index in [1.807, 2.05) is 32.0 Å². The number of aromatic nitrogens is 1. The molecule has 1 aromatic heterocycles. The van der Waals surface area contributed by atoms with Crippen LogP contribution in [0.5, 0.6) is 5.75 Å². The molecule has 1 amide bonds. The molecule has 0 unspecified atom stereocenters. The van der Waals surface area contributed by atoms with Gasteiger partial charge in [-0.05, 0) is 51.0 Å². The molecular weight excluding hydrogens is 292 g/mol. The van der Waals surface area contributed by atoms with Gasteiger partial charge in [-0.2, -0.15) is 0 Å². The van der Waals surface area contributed by atoms with Crippen molar-refractivity contribution >= 4 is 16.8 Å². The molecule has 0 aliphatic rings. The topological polar surface area (TPSA) is 52.5 Å². The number of amides is 1. The smallest absolute Gasteiger partial charge is 0.268 e. The maximum atomic E-state index is 12.6. The van der Waals surface area contributed by atoms with E-state index in [1.165, 1.54) is 0 Å². The first-order valence-electron chi connectivity index (χ1n) is 8.16. The fourth-order valence-electron chi connectivity index (χ4n) is 2.88. The van der Waals surface area contributed by atoms with Gasteiger partial charge in [-0.3, -0.25) is 4.79 Å². The summed E-state index contributed by atoms with van der Waals surface area (Å²) in [5.74, 6) is 0.804. The molecule has 23 heavy (non-hydrogen) atoms. The van der Waals surface area contributed by atoms with Crippen molar-refractivity contribution < 1.29 is 14.3 Å². The van der Waals surface area contributed by atoms with Crippen LogP contribution in [0.25, 0.3) is 10.9 Å². The van der Waals surface area contributed by atoms with Crippen LogP contribution in [0.4, 0.5) is 0 Å². The molecule has 0 saturated heterocycles. The number of carbonyl (C=O) groups is 1. The quantitative estimate of drug-likeness (QED) is 0.761. The molecule has 126 valence electrons. The van der Waals surface area contributed by atoms with E-state index in [2.05, 4.69) is 16.8 Å². The van der Waals surface area contributed by atoms with Crippen molar-refractivity contribution in [1.82, 2.24) is 9.88 Å². The van der Waals surface area contributed by atoms with Crippen molar-refractivity contribution in [2.45, 2.75) is 33.7 Å². The Morgan fingerprint density at radius 2 is 2.09 bits per heavy atom. The van der Waals surface area contributed by atoms with Crippen molar-refractivity contribution in [3.63, 3.8) is 0 Å². The van der Waals surface area contributed by atoms with E-state index in [0.29, 0.717) is 19.8 Å². The number of rotatable bonds is 8. The monoisotopic (exact) mass is 318 g/mol. The van der Waals surface area contributed by atoms with Crippen LogP contribution in [0.3, 0.4) is 0 Å². The summed E-state index contributed by atoms with van der Waals surface area (Å²) in [7, 11) is 1.66. The maximum absolute atomic E-state index is 12.6. The summed E-state index contributed by atoms with van der Waals surface area (Å²) >= 11 is 0. The lowest BCUT2D eigenvalue weighted by atomic mass is 10.1. The van der Waals surface area contributed by atoms with E-state index < -0.39 is 0 Å². The van der Waals surface area contributed by atoms with E-state index in [4.69, 9.17) is 9.47 Å². The lowest BCUT2D eigenvalue weighted by Gasteiger charge is -2.09. The Morgan fingerprint density at radius 1 is 1.30 bits per heavy atom. The molecule has 0 atom stereocenters. The molecule has 0 aliphatic heterocycles. The summed E-state index contributed by atoms with van der Waals surface area (Å²) in [5.41, 5.74) is 2.79. The van der Waals surface area contributed by atoms with Gasteiger partial charge >= 0.3 is 0 Å². The molecule has 0 bridgehead atoms. The van der Waals surface area contributed by atoms with Gasteiger partial charge in [0.1, 0.15) is 11.4 Å². The van der Waals surface area contributed by atoms with Gasteiger partial charge in [-0.1, -0.05) is 0 Å². The summed E-state index contributed by atoms with van der Waals surface area (Å²) in [4.78, 5) is 12.6. The Morgan fingerprint density at radius 3 is 2.74 bits per heavy atom. The van der Waals surface area contributed by atoms with Gasteiger partial charge in [0.25, 0.3) is 5.91 Å². The molecule has 0 aliphatic carbocycles. The predicted molar refractivity (Wildman–Crippen MR) is 92.3 cm³/mol. The van der Waals surface area contributed by atoms with Gasteiger partial charge in [0.2, 0.25) is 0 Å². The Kier molecular flexibility index (Phi) is 6.04. The zero-order valence-corrected chi connectivity index (χ0v) is 14.4. The number of hydrogen-bond acceptors (Lipinski definition) is 3. The Bertz CT molecular complexity index is 676. The van der Waals surface area contributed by atoms with Crippen molar-refractivity contribution in [2.24, 2.45) is 0 Å². The highest BCUT2D eigenvalue weighted by Crippen LogP contribution is 2.29. The molecule has 1 heterocycles. The van der Waals surface area contributed by atoms with Gasteiger partial charge in [-0.15, -0.1) is 0 Å². The number of hydrogen-bond donors (Lipinski definition) is 1. The van der Waals surface area contributed by atoms with Crippen molar-refractivity contribution in [3.8, 4) is 5.75 Å². The van der Waals surface area contributed by atoms with Crippen molar-refractivity contribution in [2.75, 3.05) is 26.9 Å². The minimum absolute atomic E-state index is 0.0328. The predicted octanol–water partition coefficient (Wildman–Crippen LogP) is 3.13. The van der Waals surface area contributed by atoms with Crippen LogP contribution in [-0.2, 0) is 11.3 Å². The number of methoxy groups -OCH3 is 1. The average Bonchev–Trinajstić information content (AvgIpc) is 2.84. The lowest BCUT2D eigenvalue weighted by molar-refractivity contribution is 0.0939. The van der Waals surface area contributed by atoms with Crippen molar-refractivity contribution in [1.29, 1.82) is 0 Å². The highest BCUT2D eigenvalue weighted by atomic mass is 16.5. The summed E-state index contributed by atoms with van der Waals surface area (Å²) in [6, 6.07) is 6.00. The third-order valence-corrected chi connectivity index (χ3v) is 3.94. The molecule has 0 saturated carbocycles. The molecule has 0 spiro atoms. The molecule has 1 N–H and O–H groups in total. The first-order valence-corrected chi connectivity index (χ1v) is 8.16. The van der Waals surface area contributed by atoms with Gasteiger partial charge < -0.3 is 19.4 Å². The molecule has 1 aromatic carbocycles. The summed E-state index contributed by atoms with van der Waals surface area (Å²) in [5, 5.41) is 4.05. The molecule has 5 nitrogen and oxygen atoms in total. The molecular formula is C18H26N2O3. The van der Waals surface area contributed by atoms with E-state index in [0.717, 1.165) is 40.9 Å². The molecule has 2 aromatic rings. The Labute approximate surface area is 137 Å². The molecule has 2 rings (SSSR count). The number of aryl methyl sites for hydroxylation is 2. The second-order valence-electron chi connectivity index (χ2n) is 5.43. The second-order valence-corrected chi connectivity index (χ2v) is 5.43. The minimum atomic E-state index is -0.0328. The standard InChI is InChI=1S/C18H26N2O3/c1-5-20-16-9-8-14(23-6-2)12-15(16)13(3)17(20)18(21)19-10-7-11-22-4/h8-9,12H,5-7,10-11H2,1-4H3,(H,19,21). The van der Waals surface area contributed by atoms with Gasteiger partial charge in [-0.25, -0.2) is 0 Å². The van der Waals surface area contributed by atoms with Gasteiger partial charge in [0.05, 0.1) is 6.61 Å². The third-order valence-electron chi connectivity index (χ3n) is 3.94. The number of fused-ring (bicyclic) bond motifs is 1. The van der Waals surface area contributed by atoms with Crippen LogP contribution >= 0.6 is 0 Å². The summed E-state index contributed by atoms with van der Waals surface area (Å²) in [6.07, 6.45) is 0.808. The SMILES string of the molecule is CCOc1ccc2c(c1)c(C)c(C(=O)NCCCOC)n2CC. The van der Waals surface area contributed by atoms with E-state index >= 15 is 0 Å². The van der Waals surface area contributed by atoms with Crippen LogP contribution in [-0.4, -0.2) is 37.3 Å². The van der Waals surface area contributed by atoms with Crippen LogP contribution in [0.1, 0.15) is 36.3 Å². The molecule has 5 heteroatoms. The fourth-order valence-corrected chi connectivity index (χ4v) is 2.88. The Hall–Kier alpha value is -2.01. The van der Waals surface area contributed by atoms with Gasteiger partial charge in [0, 0.05) is 37.7 Å². The third kappa shape index (κ3) is 3.67. The van der Waals surface area contributed by atoms with Crippen LogP contribution in [0, 0.1) is 6.92 Å². The zero-order valence-electron chi connectivity index (χ0n) is 14.4. The number of benzene rings is 1. The second kappa shape index (κ2) is 8.02. The minimum Gasteiger partial charge on any atom is -0.494 e. The van der Waals surface area contributed by atoms with E-state index in [-0.39, 0.29) is 5.91 Å². The van der Waals surface area contributed by atoms with Crippen molar-refractivity contribution in [3.05, 3.63) is 29.5 Å². The van der Waals surface area contributed by atoms with Crippen LogP contribution in [0.2, 0.25) is 0 Å². The average molecular weight is 318 g/mol. The highest BCUT2D eigenvalue weighted by molar-refractivity contribution is 6.02. The summed E-state index contributed by atoms with van der Waals surface area (Å²) in [6.45, 7) is 8.65.